The second-order valence-electron chi connectivity index (χ2n) is 19.4. The molecular weight excluding hydrogens is 1150 g/mol. The van der Waals surface area contributed by atoms with Crippen molar-refractivity contribution >= 4 is 55.9 Å². The van der Waals surface area contributed by atoms with Gasteiger partial charge >= 0.3 is 27.0 Å². The normalized spacial score (nSPS) is 20.7. The second-order valence-corrected chi connectivity index (χ2v) is 23.5. The maximum Gasteiger partial charge on any atom is 0.527 e. The number of carbonyl (C=O) groups is 1. The Bertz CT molecular complexity index is 3780. The zero-order chi connectivity index (χ0) is 59.2. The summed E-state index contributed by atoms with van der Waals surface area (Å²) in [6, 6.07) is 45.6. The number of amides is 1. The van der Waals surface area contributed by atoms with E-state index < -0.39 is 86.1 Å². The Balaban J connectivity index is 0.000000275. The first-order chi connectivity index (χ1) is 39.7. The molecule has 2 aliphatic heterocycles. The van der Waals surface area contributed by atoms with Crippen molar-refractivity contribution in [2.45, 2.75) is 74.3 Å². The van der Waals surface area contributed by atoms with Gasteiger partial charge in [-0.3, -0.25) is 33.1 Å². The van der Waals surface area contributed by atoms with E-state index in [1.165, 1.54) is 47.3 Å². The molecule has 6 aromatic carbocycles. The number of methoxy groups -OCH3 is 2. The van der Waals surface area contributed by atoms with E-state index in [1.54, 1.807) is 107 Å². The van der Waals surface area contributed by atoms with Crippen LogP contribution in [-0.4, -0.2) is 84.1 Å². The topological polar surface area (TPSA) is 269 Å². The van der Waals surface area contributed by atoms with Gasteiger partial charge in [0.2, 0.25) is 0 Å². The molecule has 2 saturated heterocycles. The molecule has 2 aromatic heterocycles. The average Bonchev–Trinajstić information content (AvgIpc) is 4.22. The SMILES string of the molecule is COc1ccc(C(c2ccccc2)(c2ccc(OC)cc2)C(O)[C@H]2O[C@@H](n3ccc(NC(=O)c4ccccc4)nc3=O)C[C@@H]2OP(=O)(O)Oc2ccc(Cl)cc2)cc1.Cc1cn([C@H]2C[C@@](O)([P+](=O)c3ccc(Cl)cc3)[C@@H](C)O2)c(=O)[nH]c1=O. The van der Waals surface area contributed by atoms with E-state index >= 15 is 0 Å². The van der Waals surface area contributed by atoms with Gasteiger partial charge in [-0.2, -0.15) is 4.98 Å². The molecular formula is C59H56Cl2N5O15P2+. The lowest BCUT2D eigenvalue weighted by molar-refractivity contribution is -0.0961. The number of benzene rings is 6. The van der Waals surface area contributed by atoms with E-state index in [4.69, 9.17) is 51.2 Å². The van der Waals surface area contributed by atoms with Crippen molar-refractivity contribution in [3.63, 3.8) is 0 Å². The van der Waals surface area contributed by atoms with E-state index in [2.05, 4.69) is 15.3 Å². The fourth-order valence-electron chi connectivity index (χ4n) is 10.0. The van der Waals surface area contributed by atoms with Gasteiger partial charge in [0, 0.05) is 40.0 Å². The highest BCUT2D eigenvalue weighted by molar-refractivity contribution is 7.55. The van der Waals surface area contributed by atoms with Gasteiger partial charge < -0.3 is 39.0 Å². The number of carbonyl (C=O) groups excluding carboxylic acids is 1. The Morgan fingerprint density at radius 2 is 1.33 bits per heavy atom. The highest BCUT2D eigenvalue weighted by atomic mass is 35.5. The molecule has 0 radical (unpaired) electrons. The average molecular weight is 1210 g/mol. The van der Waals surface area contributed by atoms with E-state index in [-0.39, 0.29) is 24.4 Å². The number of nitrogens with one attached hydrogen (secondary N) is 2. The van der Waals surface area contributed by atoms with E-state index in [1.807, 2.05) is 54.6 Å². The van der Waals surface area contributed by atoms with Gasteiger partial charge in [-0.1, -0.05) is 101 Å². The van der Waals surface area contributed by atoms with Crippen molar-refractivity contribution < 1.29 is 57.0 Å². The van der Waals surface area contributed by atoms with Gasteiger partial charge in [0.05, 0.1) is 26.1 Å². The first-order valence-electron chi connectivity index (χ1n) is 25.8. The number of hydrogen-bond acceptors (Lipinski definition) is 15. The predicted octanol–water partition coefficient (Wildman–Crippen LogP) is 9.06. The summed E-state index contributed by atoms with van der Waals surface area (Å²) >= 11 is 11.9. The number of phosphoric ester groups is 1. The van der Waals surface area contributed by atoms with Crippen LogP contribution in [0.3, 0.4) is 0 Å². The maximum atomic E-state index is 13.8. The van der Waals surface area contributed by atoms with Gasteiger partial charge in [0.25, 0.3) is 16.8 Å². The van der Waals surface area contributed by atoms with Crippen LogP contribution in [0.25, 0.3) is 0 Å². The van der Waals surface area contributed by atoms with Crippen LogP contribution in [0.1, 0.15) is 64.8 Å². The third-order valence-corrected chi connectivity index (χ3v) is 17.8. The van der Waals surface area contributed by atoms with E-state index in [0.29, 0.717) is 54.7 Å². The number of anilines is 1. The second kappa shape index (κ2) is 25.5. The van der Waals surface area contributed by atoms with Crippen LogP contribution in [0.15, 0.2) is 191 Å². The van der Waals surface area contributed by atoms with Gasteiger partial charge in [-0.05, 0) is 122 Å². The summed E-state index contributed by atoms with van der Waals surface area (Å²) in [5, 5.41) is 26.4. The number of aryl methyl sites for hydroxylation is 1. The minimum Gasteiger partial charge on any atom is -0.497 e. The molecule has 0 bridgehead atoms. The Kier molecular flexibility index (Phi) is 18.4. The lowest BCUT2D eigenvalue weighted by Gasteiger charge is -2.43. The number of aromatic amines is 1. The van der Waals surface area contributed by atoms with Crippen molar-refractivity contribution in [3.05, 3.63) is 245 Å². The summed E-state index contributed by atoms with van der Waals surface area (Å²) in [5.41, 5.74) is -0.766. The first-order valence-corrected chi connectivity index (χ1v) is 29.3. The molecule has 24 heteroatoms. The standard InChI is InChI=1S/C43H39ClN3O10P.C16H16ClN2O5P/c1-53-33-19-13-30(14-20-33)43(29-11-7-4-8-12-29,31-15-21-34(54-2)22-16-31)40(48)39-36(57-58(51,52)56-35-23-17-32(44)18-24-35)27-38(55-39)47-26-25-37(46-42(47)50)45-41(49)28-9-5-3-6-10-28;1-9-8-19(15(21)18-14(9)20)13-7-16(22,10(2)24-13)25(23)12-5-3-11(17)4-6-12/h3-26,36,38-40,48H,27H2,1-2H3,(H,51,52)(H,45,46,49,50);3-6,8,10,13,22H,7H2,1-2H3/p+1/t36-,38+,39-,40?;10-,13-,16-/m01/s1. The highest BCUT2D eigenvalue weighted by Gasteiger charge is 2.61. The Morgan fingerprint density at radius 1 is 0.783 bits per heavy atom. The lowest BCUT2D eigenvalue weighted by Crippen LogP contribution is -2.52. The van der Waals surface area contributed by atoms with Crippen molar-refractivity contribution in [1.82, 2.24) is 19.1 Å². The summed E-state index contributed by atoms with van der Waals surface area (Å²) < 4.78 is 63.6. The zero-order valence-corrected chi connectivity index (χ0v) is 48.2. The largest absolute Gasteiger partial charge is 0.527 e. The first kappa shape index (κ1) is 60.0. The highest BCUT2D eigenvalue weighted by Crippen LogP contribution is 2.53. The molecule has 430 valence electrons. The van der Waals surface area contributed by atoms with Crippen molar-refractivity contribution in [3.8, 4) is 17.2 Å². The molecule has 0 spiro atoms. The third-order valence-electron chi connectivity index (χ3n) is 14.3. The van der Waals surface area contributed by atoms with E-state index in [9.17, 15) is 43.4 Å². The minimum absolute atomic E-state index is 0.00388. The Morgan fingerprint density at radius 3 is 1.89 bits per heavy atom. The van der Waals surface area contributed by atoms with Crippen molar-refractivity contribution in [2.24, 2.45) is 0 Å². The number of aliphatic hydroxyl groups excluding tert-OH is 1. The monoisotopic (exact) mass is 1210 g/mol. The molecule has 5 N–H and O–H groups in total. The number of nitrogens with zero attached hydrogens (tertiary/aromatic N) is 3. The van der Waals surface area contributed by atoms with Gasteiger partial charge in [-0.15, -0.1) is 0 Å². The quantitative estimate of drug-likeness (QED) is 0.0420. The zero-order valence-electron chi connectivity index (χ0n) is 44.9. The van der Waals surface area contributed by atoms with Crippen LogP contribution in [0.5, 0.6) is 17.2 Å². The van der Waals surface area contributed by atoms with Crippen molar-refractivity contribution in [2.75, 3.05) is 19.5 Å². The summed E-state index contributed by atoms with van der Waals surface area (Å²) in [4.78, 5) is 67.4. The van der Waals surface area contributed by atoms with Gasteiger partial charge in [-0.25, -0.2) is 14.2 Å². The number of hydrogen-bond donors (Lipinski definition) is 5. The predicted molar refractivity (Wildman–Crippen MR) is 310 cm³/mol. The summed E-state index contributed by atoms with van der Waals surface area (Å²) in [6.07, 6.45) is -4.58. The summed E-state index contributed by atoms with van der Waals surface area (Å²) in [6.45, 7) is 3.17. The molecule has 9 atom stereocenters. The summed E-state index contributed by atoms with van der Waals surface area (Å²) in [7, 11) is -4.07. The number of rotatable bonds is 17. The maximum absolute atomic E-state index is 13.8. The molecule has 0 aliphatic carbocycles. The minimum atomic E-state index is -4.95. The van der Waals surface area contributed by atoms with Crippen LogP contribution in [-0.2, 0) is 28.5 Å². The lowest BCUT2D eigenvalue weighted by atomic mass is 9.64. The molecule has 0 saturated carbocycles. The fourth-order valence-corrected chi connectivity index (χ4v) is 12.8. The number of ether oxygens (including phenoxy) is 4. The van der Waals surface area contributed by atoms with Crippen LogP contribution in [0.4, 0.5) is 5.82 Å². The number of halogens is 2. The Labute approximate surface area is 486 Å². The third kappa shape index (κ3) is 13.1. The van der Waals surface area contributed by atoms with Crippen LogP contribution in [0, 0.1) is 6.92 Å². The molecule has 8 aromatic rings. The number of phosphoric acid groups is 1. The number of H-pyrrole nitrogens is 1. The van der Waals surface area contributed by atoms with E-state index in [0.717, 1.165) is 4.57 Å². The molecule has 4 heterocycles. The van der Waals surface area contributed by atoms with Gasteiger partial charge in [0.15, 0.2) is 5.30 Å². The fraction of sp³-hybridized carbons (Fsp3) is 0.237. The molecule has 2 fully saturated rings. The number of aromatic nitrogens is 4. The molecule has 10 rings (SSSR count). The molecule has 83 heavy (non-hydrogen) atoms. The molecule has 2 aliphatic rings. The Hall–Kier alpha value is -7.58. The molecule has 20 nitrogen and oxygen atoms in total. The summed E-state index contributed by atoms with van der Waals surface area (Å²) in [5.74, 6) is 0.684. The number of aliphatic hydroxyl groups is 2. The van der Waals surface area contributed by atoms with Crippen molar-refractivity contribution in [1.29, 1.82) is 0 Å². The smallest absolute Gasteiger partial charge is 0.497 e. The molecule has 1 amide bonds. The van der Waals surface area contributed by atoms with Gasteiger partial charge in [0.1, 0.15) is 59.9 Å². The molecule has 3 unspecified atom stereocenters. The van der Waals surface area contributed by atoms with Crippen LogP contribution in [0.2, 0.25) is 10.0 Å². The van der Waals surface area contributed by atoms with Crippen LogP contribution >= 0.6 is 38.8 Å². The van der Waals surface area contributed by atoms with Crippen LogP contribution < -0.4 is 41.6 Å².